The van der Waals surface area contributed by atoms with Gasteiger partial charge in [0.05, 0.1) is 11.2 Å². The van der Waals surface area contributed by atoms with Gasteiger partial charge in [-0.25, -0.2) is 4.98 Å². The first-order chi connectivity index (χ1) is 9.31. The maximum Gasteiger partial charge on any atom is 0.119 e. The quantitative estimate of drug-likeness (QED) is 0.914. The van der Waals surface area contributed by atoms with Crippen LogP contribution >= 0.6 is 23.4 Å². The van der Waals surface area contributed by atoms with E-state index in [0.717, 1.165) is 21.5 Å². The third-order valence-electron chi connectivity index (χ3n) is 2.92. The molecule has 0 bridgehead atoms. The van der Waals surface area contributed by atoms with Crippen LogP contribution in [0.1, 0.15) is 18.4 Å². The number of halogens is 1. The maximum absolute atomic E-state index is 6.31. The minimum atomic E-state index is 0.715. The smallest absolute Gasteiger partial charge is 0.119 e. The molecule has 0 amide bonds. The Kier molecular flexibility index (Phi) is 4.01. The van der Waals surface area contributed by atoms with Gasteiger partial charge in [-0.05, 0) is 30.5 Å². The van der Waals surface area contributed by atoms with Crippen LogP contribution in [-0.4, -0.2) is 16.0 Å². The van der Waals surface area contributed by atoms with E-state index in [-0.39, 0.29) is 0 Å². The maximum atomic E-state index is 6.31. The van der Waals surface area contributed by atoms with E-state index in [4.69, 9.17) is 11.6 Å². The summed E-state index contributed by atoms with van der Waals surface area (Å²) in [6, 6.07) is 6.90. The fraction of sp³-hybridized carbons (Fsp3) is 0.286. The van der Waals surface area contributed by atoms with Crippen molar-refractivity contribution in [1.82, 2.24) is 15.3 Å². The van der Waals surface area contributed by atoms with Crippen molar-refractivity contribution in [2.24, 2.45) is 0 Å². The molecule has 1 aromatic heterocycles. The molecule has 19 heavy (non-hydrogen) atoms. The van der Waals surface area contributed by atoms with Crippen LogP contribution in [0.15, 0.2) is 46.7 Å². The topological polar surface area (TPSA) is 37.8 Å². The van der Waals surface area contributed by atoms with E-state index < -0.39 is 0 Å². The van der Waals surface area contributed by atoms with Crippen molar-refractivity contribution in [3.63, 3.8) is 0 Å². The number of nitrogens with one attached hydrogen (secondary N) is 1. The largest absolute Gasteiger partial charge is 0.310 e. The second-order valence-corrected chi connectivity index (χ2v) is 6.04. The van der Waals surface area contributed by atoms with Gasteiger partial charge in [0.2, 0.25) is 0 Å². The third kappa shape index (κ3) is 3.69. The Morgan fingerprint density at radius 1 is 1.32 bits per heavy atom. The first-order valence-electron chi connectivity index (χ1n) is 6.27. The molecular formula is C14H14ClN3S. The molecule has 0 spiro atoms. The Hall–Kier alpha value is -1.10. The second kappa shape index (κ2) is 5.90. The summed E-state index contributed by atoms with van der Waals surface area (Å²) in [6.07, 6.45) is 7.69. The van der Waals surface area contributed by atoms with Crippen LogP contribution in [0.4, 0.5) is 0 Å². The summed E-state index contributed by atoms with van der Waals surface area (Å²) < 4.78 is 0. The van der Waals surface area contributed by atoms with Gasteiger partial charge in [0.1, 0.15) is 5.03 Å². The average molecular weight is 292 g/mol. The van der Waals surface area contributed by atoms with E-state index in [9.17, 15) is 0 Å². The van der Waals surface area contributed by atoms with E-state index in [1.165, 1.54) is 30.2 Å². The van der Waals surface area contributed by atoms with Crippen LogP contribution in [0, 0.1) is 0 Å². The first-order valence-corrected chi connectivity index (χ1v) is 7.46. The van der Waals surface area contributed by atoms with Gasteiger partial charge in [0.25, 0.3) is 0 Å². The molecule has 0 aliphatic heterocycles. The van der Waals surface area contributed by atoms with Crippen LogP contribution < -0.4 is 5.32 Å². The highest BCUT2D eigenvalue weighted by molar-refractivity contribution is 7.99. The van der Waals surface area contributed by atoms with Crippen molar-refractivity contribution >= 4 is 23.4 Å². The summed E-state index contributed by atoms with van der Waals surface area (Å²) in [7, 11) is 0. The van der Waals surface area contributed by atoms with Gasteiger partial charge in [-0.15, -0.1) is 0 Å². The van der Waals surface area contributed by atoms with Crippen LogP contribution in [0.25, 0.3) is 0 Å². The molecule has 1 N–H and O–H groups in total. The van der Waals surface area contributed by atoms with Crippen molar-refractivity contribution < 1.29 is 0 Å². The van der Waals surface area contributed by atoms with Crippen molar-refractivity contribution in [3.8, 4) is 0 Å². The highest BCUT2D eigenvalue weighted by Gasteiger charge is 2.20. The fourth-order valence-corrected chi connectivity index (χ4v) is 2.80. The van der Waals surface area contributed by atoms with Gasteiger partial charge in [-0.1, -0.05) is 29.4 Å². The molecule has 0 saturated heterocycles. The van der Waals surface area contributed by atoms with Crippen LogP contribution in [0.5, 0.6) is 0 Å². The molecule has 1 aliphatic carbocycles. The summed E-state index contributed by atoms with van der Waals surface area (Å²) in [4.78, 5) is 9.29. The fourth-order valence-electron chi connectivity index (χ4n) is 1.74. The zero-order chi connectivity index (χ0) is 13.1. The molecule has 98 valence electrons. The standard InChI is InChI=1S/C14H14ClN3S/c15-12-7-10(8-18-11-2-3-11)1-4-13(12)19-14-9-16-5-6-17-14/h1,4-7,9,11,18H,2-3,8H2. The van der Waals surface area contributed by atoms with E-state index in [0.29, 0.717) is 6.04 Å². The lowest BCUT2D eigenvalue weighted by Gasteiger charge is -2.07. The zero-order valence-corrected chi connectivity index (χ0v) is 11.9. The molecule has 5 heteroatoms. The molecule has 0 unspecified atom stereocenters. The van der Waals surface area contributed by atoms with Crippen LogP contribution in [0.2, 0.25) is 5.02 Å². The molecule has 3 rings (SSSR count). The van der Waals surface area contributed by atoms with Gasteiger partial charge in [0, 0.05) is 29.9 Å². The van der Waals surface area contributed by atoms with E-state index >= 15 is 0 Å². The van der Waals surface area contributed by atoms with Crippen LogP contribution in [0.3, 0.4) is 0 Å². The lowest BCUT2D eigenvalue weighted by Crippen LogP contribution is -2.15. The average Bonchev–Trinajstić information content (AvgIpc) is 3.25. The Bertz CT molecular complexity index is 558. The number of nitrogens with zero attached hydrogens (tertiary/aromatic N) is 2. The number of benzene rings is 1. The molecule has 1 saturated carbocycles. The SMILES string of the molecule is Clc1cc(CNC2CC2)ccc1Sc1cnccn1. The second-order valence-electron chi connectivity index (χ2n) is 4.57. The summed E-state index contributed by atoms with van der Waals surface area (Å²) in [5.41, 5.74) is 1.22. The molecule has 1 fully saturated rings. The normalized spacial score (nSPS) is 14.6. The monoisotopic (exact) mass is 291 g/mol. The minimum absolute atomic E-state index is 0.715. The van der Waals surface area contributed by atoms with Crippen molar-refractivity contribution in [2.75, 3.05) is 0 Å². The summed E-state index contributed by atoms with van der Waals surface area (Å²) in [5.74, 6) is 0. The number of aromatic nitrogens is 2. The lowest BCUT2D eigenvalue weighted by molar-refractivity contribution is 0.687. The number of rotatable bonds is 5. The summed E-state index contributed by atoms with van der Waals surface area (Å²) in [6.45, 7) is 0.889. The van der Waals surface area contributed by atoms with Gasteiger partial charge in [-0.3, -0.25) is 4.98 Å². The van der Waals surface area contributed by atoms with Gasteiger partial charge >= 0.3 is 0 Å². The third-order valence-corrected chi connectivity index (χ3v) is 4.34. The zero-order valence-electron chi connectivity index (χ0n) is 10.3. The van der Waals surface area contributed by atoms with Gasteiger partial charge < -0.3 is 5.32 Å². The molecule has 0 atom stereocenters. The van der Waals surface area contributed by atoms with E-state index in [1.807, 2.05) is 12.1 Å². The van der Waals surface area contributed by atoms with Crippen molar-refractivity contribution in [3.05, 3.63) is 47.4 Å². The van der Waals surface area contributed by atoms with Crippen LogP contribution in [-0.2, 0) is 6.54 Å². The molecule has 3 nitrogen and oxygen atoms in total. The highest BCUT2D eigenvalue weighted by atomic mass is 35.5. The lowest BCUT2D eigenvalue weighted by atomic mass is 10.2. The first kappa shape index (κ1) is 12.9. The minimum Gasteiger partial charge on any atom is -0.310 e. The predicted octanol–water partition coefficient (Wildman–Crippen LogP) is 3.53. The Balaban J connectivity index is 1.68. The molecule has 1 aromatic carbocycles. The highest BCUT2D eigenvalue weighted by Crippen LogP contribution is 2.32. The molecular weight excluding hydrogens is 278 g/mol. The molecule has 2 aromatic rings. The molecule has 0 radical (unpaired) electrons. The van der Waals surface area contributed by atoms with E-state index in [1.54, 1.807) is 18.6 Å². The Morgan fingerprint density at radius 2 is 2.21 bits per heavy atom. The number of hydrogen-bond acceptors (Lipinski definition) is 4. The van der Waals surface area contributed by atoms with Gasteiger partial charge in [0.15, 0.2) is 0 Å². The van der Waals surface area contributed by atoms with Crippen molar-refractivity contribution in [1.29, 1.82) is 0 Å². The van der Waals surface area contributed by atoms with Crippen molar-refractivity contribution in [2.45, 2.75) is 35.3 Å². The summed E-state index contributed by atoms with van der Waals surface area (Å²) in [5, 5.41) is 5.11. The Labute approximate surface area is 121 Å². The molecule has 1 heterocycles. The Morgan fingerprint density at radius 3 is 2.89 bits per heavy atom. The summed E-state index contributed by atoms with van der Waals surface area (Å²) >= 11 is 7.85. The van der Waals surface area contributed by atoms with Gasteiger partial charge in [-0.2, -0.15) is 0 Å². The predicted molar refractivity (Wildman–Crippen MR) is 77.5 cm³/mol. The number of hydrogen-bond donors (Lipinski definition) is 1. The van der Waals surface area contributed by atoms with E-state index in [2.05, 4.69) is 21.4 Å². The molecule has 1 aliphatic rings.